The number of amides is 2. The monoisotopic (exact) mass is 342 g/mol. The smallest absolute Gasteiger partial charge is 0.322 e. The molecule has 0 aromatic heterocycles. The first kappa shape index (κ1) is 17.3. The normalized spacial score (nSPS) is 17.7. The third-order valence-corrected chi connectivity index (χ3v) is 4.61. The van der Waals surface area contributed by atoms with Gasteiger partial charge in [-0.1, -0.05) is 25.0 Å². The quantitative estimate of drug-likeness (QED) is 0.854. The van der Waals surface area contributed by atoms with Crippen LogP contribution in [0.25, 0.3) is 0 Å². The lowest BCUT2D eigenvalue weighted by molar-refractivity contribution is 0.189. The number of halogens is 1. The van der Waals surface area contributed by atoms with Crippen molar-refractivity contribution >= 4 is 11.7 Å². The van der Waals surface area contributed by atoms with E-state index < -0.39 is 0 Å². The zero-order valence-corrected chi connectivity index (χ0v) is 14.4. The molecule has 132 valence electrons. The predicted molar refractivity (Wildman–Crippen MR) is 96.3 cm³/mol. The van der Waals surface area contributed by atoms with E-state index in [4.69, 9.17) is 4.74 Å². The van der Waals surface area contributed by atoms with Crippen molar-refractivity contribution < 1.29 is 13.9 Å². The Labute approximate surface area is 147 Å². The molecule has 0 aliphatic carbocycles. The minimum atomic E-state index is -0.316. The van der Waals surface area contributed by atoms with Gasteiger partial charge in [0.25, 0.3) is 0 Å². The van der Waals surface area contributed by atoms with Gasteiger partial charge in [0.15, 0.2) is 0 Å². The van der Waals surface area contributed by atoms with E-state index in [1.165, 1.54) is 12.1 Å². The summed E-state index contributed by atoms with van der Waals surface area (Å²) in [7, 11) is 1.64. The zero-order chi connectivity index (χ0) is 17.6. The average molecular weight is 342 g/mol. The van der Waals surface area contributed by atoms with Crippen molar-refractivity contribution in [2.45, 2.75) is 31.7 Å². The molecule has 0 unspecified atom stereocenters. The minimum absolute atomic E-state index is 0.0360. The van der Waals surface area contributed by atoms with Crippen LogP contribution in [0.5, 0.6) is 5.75 Å². The van der Waals surface area contributed by atoms with Gasteiger partial charge in [0.2, 0.25) is 0 Å². The molecule has 1 aliphatic heterocycles. The third kappa shape index (κ3) is 4.29. The Morgan fingerprint density at radius 2 is 1.80 bits per heavy atom. The molecule has 0 spiro atoms. The Kier molecular flexibility index (Phi) is 5.53. The maximum absolute atomic E-state index is 13.0. The van der Waals surface area contributed by atoms with Crippen LogP contribution in [-0.2, 0) is 0 Å². The molecule has 2 aromatic carbocycles. The van der Waals surface area contributed by atoms with Gasteiger partial charge in [-0.05, 0) is 54.8 Å². The van der Waals surface area contributed by atoms with Crippen molar-refractivity contribution in [3.05, 3.63) is 59.9 Å². The van der Waals surface area contributed by atoms with Crippen LogP contribution in [0.4, 0.5) is 14.9 Å². The van der Waals surface area contributed by atoms with Crippen LogP contribution < -0.4 is 10.1 Å². The highest BCUT2D eigenvalue weighted by molar-refractivity contribution is 5.89. The van der Waals surface area contributed by atoms with Gasteiger partial charge in [-0.25, -0.2) is 9.18 Å². The number of anilines is 1. The first-order valence-electron chi connectivity index (χ1n) is 8.64. The van der Waals surface area contributed by atoms with Gasteiger partial charge in [0.1, 0.15) is 11.6 Å². The van der Waals surface area contributed by atoms with Gasteiger partial charge < -0.3 is 15.0 Å². The largest absolute Gasteiger partial charge is 0.497 e. The standard InChI is InChI=1S/C20H23FN2O2/c1-25-18-12-6-15(7-13-18)19-5-3-2-4-14-23(19)20(24)22-17-10-8-16(21)9-11-17/h6-13,19H,2-5,14H2,1H3,(H,22,24)/t19-/m1/s1. The molecule has 1 saturated heterocycles. The molecule has 4 nitrogen and oxygen atoms in total. The number of carbonyl (C=O) groups is 1. The summed E-state index contributed by atoms with van der Waals surface area (Å²) >= 11 is 0. The van der Waals surface area contributed by atoms with E-state index in [-0.39, 0.29) is 17.9 Å². The Bertz CT molecular complexity index is 701. The van der Waals surface area contributed by atoms with E-state index in [1.54, 1.807) is 19.2 Å². The van der Waals surface area contributed by atoms with Crippen molar-refractivity contribution in [2.75, 3.05) is 19.0 Å². The van der Waals surface area contributed by atoms with Crippen molar-refractivity contribution in [2.24, 2.45) is 0 Å². The number of ether oxygens (including phenoxy) is 1. The van der Waals surface area contributed by atoms with E-state index in [0.29, 0.717) is 12.2 Å². The fourth-order valence-corrected chi connectivity index (χ4v) is 3.25. The second-order valence-corrected chi connectivity index (χ2v) is 6.27. The highest BCUT2D eigenvalue weighted by Crippen LogP contribution is 2.31. The molecule has 1 aliphatic rings. The van der Waals surface area contributed by atoms with Gasteiger partial charge in [0, 0.05) is 12.2 Å². The minimum Gasteiger partial charge on any atom is -0.497 e. The number of likely N-dealkylation sites (tertiary alicyclic amines) is 1. The maximum atomic E-state index is 13.0. The van der Waals surface area contributed by atoms with Crippen LogP contribution in [-0.4, -0.2) is 24.6 Å². The van der Waals surface area contributed by atoms with Crippen LogP contribution in [0, 0.1) is 5.82 Å². The fourth-order valence-electron chi connectivity index (χ4n) is 3.25. The molecule has 1 heterocycles. The number of nitrogens with zero attached hydrogens (tertiary/aromatic N) is 1. The summed E-state index contributed by atoms with van der Waals surface area (Å²) in [5.41, 5.74) is 1.71. The van der Waals surface area contributed by atoms with Gasteiger partial charge in [-0.3, -0.25) is 0 Å². The van der Waals surface area contributed by atoms with E-state index in [0.717, 1.165) is 37.0 Å². The summed E-state index contributed by atoms with van der Waals surface area (Å²) in [4.78, 5) is 14.7. The van der Waals surface area contributed by atoms with Crippen molar-refractivity contribution in [1.82, 2.24) is 4.90 Å². The van der Waals surface area contributed by atoms with Crippen molar-refractivity contribution in [3.63, 3.8) is 0 Å². The second kappa shape index (κ2) is 8.01. The van der Waals surface area contributed by atoms with Gasteiger partial charge in [-0.15, -0.1) is 0 Å². The predicted octanol–water partition coefficient (Wildman–Crippen LogP) is 4.98. The Balaban J connectivity index is 1.79. The average Bonchev–Trinajstić information content (AvgIpc) is 2.90. The van der Waals surface area contributed by atoms with E-state index in [9.17, 15) is 9.18 Å². The van der Waals surface area contributed by atoms with Crippen molar-refractivity contribution in [1.29, 1.82) is 0 Å². The summed E-state index contributed by atoms with van der Waals surface area (Å²) in [5.74, 6) is 0.489. The molecular weight excluding hydrogens is 319 g/mol. The summed E-state index contributed by atoms with van der Waals surface area (Å²) in [6.45, 7) is 0.712. The Morgan fingerprint density at radius 1 is 1.08 bits per heavy atom. The molecular formula is C20H23FN2O2. The Hall–Kier alpha value is -2.56. The number of benzene rings is 2. The summed E-state index contributed by atoms with van der Waals surface area (Å²) < 4.78 is 18.3. The number of hydrogen-bond donors (Lipinski definition) is 1. The van der Waals surface area contributed by atoms with Crippen LogP contribution in [0.1, 0.15) is 37.3 Å². The van der Waals surface area contributed by atoms with Gasteiger partial charge >= 0.3 is 6.03 Å². The molecule has 1 fully saturated rings. The number of rotatable bonds is 3. The topological polar surface area (TPSA) is 41.6 Å². The number of urea groups is 1. The highest BCUT2D eigenvalue weighted by Gasteiger charge is 2.26. The summed E-state index contributed by atoms with van der Waals surface area (Å²) in [5, 5.41) is 2.88. The second-order valence-electron chi connectivity index (χ2n) is 6.27. The molecule has 1 N–H and O–H groups in total. The molecule has 5 heteroatoms. The first-order chi connectivity index (χ1) is 12.2. The molecule has 25 heavy (non-hydrogen) atoms. The summed E-state index contributed by atoms with van der Waals surface area (Å²) in [6, 6.07) is 13.6. The highest BCUT2D eigenvalue weighted by atomic mass is 19.1. The zero-order valence-electron chi connectivity index (χ0n) is 14.4. The lowest BCUT2D eigenvalue weighted by atomic mass is 10.0. The van der Waals surface area contributed by atoms with Crippen molar-refractivity contribution in [3.8, 4) is 5.75 Å². The molecule has 0 bridgehead atoms. The van der Waals surface area contributed by atoms with E-state index in [2.05, 4.69) is 5.32 Å². The number of methoxy groups -OCH3 is 1. The van der Waals surface area contributed by atoms with Crippen LogP contribution in [0.3, 0.4) is 0 Å². The van der Waals surface area contributed by atoms with Crippen LogP contribution in [0.15, 0.2) is 48.5 Å². The molecule has 0 radical (unpaired) electrons. The molecule has 3 rings (SSSR count). The first-order valence-corrected chi connectivity index (χ1v) is 8.64. The lowest BCUT2D eigenvalue weighted by Gasteiger charge is -2.30. The van der Waals surface area contributed by atoms with Crippen LogP contribution >= 0.6 is 0 Å². The van der Waals surface area contributed by atoms with E-state index >= 15 is 0 Å². The van der Waals surface area contributed by atoms with Gasteiger partial charge in [0.05, 0.1) is 13.2 Å². The summed E-state index contributed by atoms with van der Waals surface area (Å²) in [6.07, 6.45) is 4.14. The molecule has 1 atom stereocenters. The number of hydrogen-bond acceptors (Lipinski definition) is 2. The number of nitrogens with one attached hydrogen (secondary N) is 1. The third-order valence-electron chi connectivity index (χ3n) is 4.61. The number of carbonyl (C=O) groups excluding carboxylic acids is 1. The maximum Gasteiger partial charge on any atom is 0.322 e. The lowest BCUT2D eigenvalue weighted by Crippen LogP contribution is -2.38. The van der Waals surface area contributed by atoms with E-state index in [1.807, 2.05) is 29.2 Å². The SMILES string of the molecule is COc1ccc([C@H]2CCCCCN2C(=O)Nc2ccc(F)cc2)cc1. The fraction of sp³-hybridized carbons (Fsp3) is 0.350. The Morgan fingerprint density at radius 3 is 2.48 bits per heavy atom. The molecule has 2 amide bonds. The van der Waals surface area contributed by atoms with Crippen LogP contribution in [0.2, 0.25) is 0 Å². The molecule has 2 aromatic rings. The molecule has 0 saturated carbocycles. The van der Waals surface area contributed by atoms with Gasteiger partial charge in [-0.2, -0.15) is 0 Å².